The highest BCUT2D eigenvalue weighted by molar-refractivity contribution is 8.00. The number of hydrogen-bond donors (Lipinski definition) is 2. The van der Waals surface area contributed by atoms with Crippen LogP contribution in [0.5, 0.6) is 0 Å². The SMILES string of the molecule is Cc1c(NC(=O)CSCC(=O)NC2CC2)c(=O)n(-c2ccccc2)n1C. The maximum Gasteiger partial charge on any atom is 0.295 e. The monoisotopic (exact) mass is 374 g/mol. The van der Waals surface area contributed by atoms with E-state index in [0.29, 0.717) is 11.7 Å². The fraction of sp³-hybridized carbons (Fsp3) is 0.389. The molecule has 0 aliphatic heterocycles. The van der Waals surface area contributed by atoms with Gasteiger partial charge in [0, 0.05) is 13.1 Å². The lowest BCUT2D eigenvalue weighted by atomic mass is 10.3. The Hall–Kier alpha value is -2.48. The smallest absolute Gasteiger partial charge is 0.295 e. The molecule has 2 amide bonds. The Labute approximate surface area is 155 Å². The molecule has 1 saturated carbocycles. The van der Waals surface area contributed by atoms with Gasteiger partial charge in [0.15, 0.2) is 0 Å². The lowest BCUT2D eigenvalue weighted by Crippen LogP contribution is -2.28. The van der Waals surface area contributed by atoms with Gasteiger partial charge in [-0.3, -0.25) is 19.1 Å². The van der Waals surface area contributed by atoms with Gasteiger partial charge in [-0.1, -0.05) is 18.2 Å². The van der Waals surface area contributed by atoms with E-state index >= 15 is 0 Å². The van der Waals surface area contributed by atoms with Crippen molar-refractivity contribution in [2.24, 2.45) is 7.05 Å². The Bertz CT molecular complexity index is 869. The van der Waals surface area contributed by atoms with Gasteiger partial charge in [-0.25, -0.2) is 4.68 Å². The molecule has 8 heteroatoms. The summed E-state index contributed by atoms with van der Waals surface area (Å²) in [6.07, 6.45) is 2.08. The number of carbonyl (C=O) groups excluding carboxylic acids is 2. The molecule has 7 nitrogen and oxygen atoms in total. The number of hydrogen-bond acceptors (Lipinski definition) is 4. The quantitative estimate of drug-likeness (QED) is 0.768. The van der Waals surface area contributed by atoms with Crippen LogP contribution in [0.3, 0.4) is 0 Å². The zero-order valence-corrected chi connectivity index (χ0v) is 15.6. The normalized spacial score (nSPS) is 13.5. The highest BCUT2D eigenvalue weighted by atomic mass is 32.2. The largest absolute Gasteiger partial charge is 0.353 e. The molecule has 0 bridgehead atoms. The topological polar surface area (TPSA) is 85.1 Å². The molecule has 2 N–H and O–H groups in total. The van der Waals surface area contributed by atoms with Crippen LogP contribution >= 0.6 is 11.8 Å². The molecule has 1 aromatic carbocycles. The Balaban J connectivity index is 1.63. The fourth-order valence-corrected chi connectivity index (χ4v) is 3.25. The predicted octanol–water partition coefficient (Wildman–Crippen LogP) is 1.43. The number of aromatic nitrogens is 2. The number of benzene rings is 1. The molecule has 0 unspecified atom stereocenters. The average molecular weight is 374 g/mol. The fourth-order valence-electron chi connectivity index (χ4n) is 2.62. The van der Waals surface area contributed by atoms with Gasteiger partial charge < -0.3 is 10.6 Å². The zero-order valence-electron chi connectivity index (χ0n) is 14.8. The summed E-state index contributed by atoms with van der Waals surface area (Å²) >= 11 is 1.24. The third-order valence-corrected chi connectivity index (χ3v) is 5.16. The second-order valence-corrected chi connectivity index (χ2v) is 7.30. The molecule has 0 radical (unpaired) electrons. The highest BCUT2D eigenvalue weighted by Gasteiger charge is 2.23. The third-order valence-electron chi connectivity index (χ3n) is 4.23. The van der Waals surface area contributed by atoms with Crippen LogP contribution in [0.25, 0.3) is 5.69 Å². The number of rotatable bonds is 7. The minimum absolute atomic E-state index is 0.0485. The molecule has 0 spiro atoms. The van der Waals surface area contributed by atoms with Gasteiger partial charge in [-0.2, -0.15) is 0 Å². The first-order valence-corrected chi connectivity index (χ1v) is 9.64. The van der Waals surface area contributed by atoms with Gasteiger partial charge in [0.1, 0.15) is 5.69 Å². The number of amides is 2. The number of carbonyl (C=O) groups is 2. The lowest BCUT2D eigenvalue weighted by Gasteiger charge is -2.07. The molecule has 0 saturated heterocycles. The summed E-state index contributed by atoms with van der Waals surface area (Å²) in [5.74, 6) is 0.0243. The minimum Gasteiger partial charge on any atom is -0.353 e. The van der Waals surface area contributed by atoms with E-state index < -0.39 is 0 Å². The van der Waals surface area contributed by atoms with Crippen molar-refractivity contribution in [1.29, 1.82) is 0 Å². The van der Waals surface area contributed by atoms with E-state index in [2.05, 4.69) is 10.6 Å². The molecule has 26 heavy (non-hydrogen) atoms. The van der Waals surface area contributed by atoms with E-state index in [1.807, 2.05) is 30.3 Å². The van der Waals surface area contributed by atoms with Gasteiger partial charge in [0.25, 0.3) is 5.56 Å². The molecule has 1 fully saturated rings. The van der Waals surface area contributed by atoms with E-state index in [-0.39, 0.29) is 34.6 Å². The van der Waals surface area contributed by atoms with Crippen molar-refractivity contribution in [3.8, 4) is 5.69 Å². The number of nitrogens with zero attached hydrogens (tertiary/aromatic N) is 2. The van der Waals surface area contributed by atoms with Gasteiger partial charge in [-0.15, -0.1) is 11.8 Å². The lowest BCUT2D eigenvalue weighted by molar-refractivity contribution is -0.118. The summed E-state index contributed by atoms with van der Waals surface area (Å²) in [6, 6.07) is 9.57. The number of anilines is 1. The second-order valence-electron chi connectivity index (χ2n) is 6.32. The zero-order chi connectivity index (χ0) is 18.7. The number of para-hydroxylation sites is 1. The Morgan fingerprint density at radius 3 is 2.46 bits per heavy atom. The number of nitrogens with one attached hydrogen (secondary N) is 2. The van der Waals surface area contributed by atoms with E-state index in [1.165, 1.54) is 16.4 Å². The van der Waals surface area contributed by atoms with E-state index in [1.54, 1.807) is 18.7 Å². The van der Waals surface area contributed by atoms with Crippen LogP contribution in [0.15, 0.2) is 35.1 Å². The second kappa shape index (κ2) is 7.82. The first-order valence-electron chi connectivity index (χ1n) is 8.48. The van der Waals surface area contributed by atoms with Crippen LogP contribution in [0.4, 0.5) is 5.69 Å². The summed E-state index contributed by atoms with van der Waals surface area (Å²) in [5, 5.41) is 5.57. The Morgan fingerprint density at radius 1 is 1.15 bits per heavy atom. The minimum atomic E-state index is -0.291. The van der Waals surface area contributed by atoms with Gasteiger partial charge in [0.05, 0.1) is 22.9 Å². The summed E-state index contributed by atoms with van der Waals surface area (Å²) in [4.78, 5) is 36.5. The molecule has 138 valence electrons. The summed E-state index contributed by atoms with van der Waals surface area (Å²) < 4.78 is 3.23. The molecule has 3 rings (SSSR count). The van der Waals surface area contributed by atoms with Crippen molar-refractivity contribution >= 4 is 29.3 Å². The molecule has 1 aromatic heterocycles. The van der Waals surface area contributed by atoms with Crippen LogP contribution in [-0.4, -0.2) is 38.7 Å². The Morgan fingerprint density at radius 2 is 1.81 bits per heavy atom. The van der Waals surface area contributed by atoms with Crippen LogP contribution in [0, 0.1) is 6.92 Å². The van der Waals surface area contributed by atoms with Crippen LogP contribution in [-0.2, 0) is 16.6 Å². The van der Waals surface area contributed by atoms with Gasteiger partial charge in [0.2, 0.25) is 11.8 Å². The van der Waals surface area contributed by atoms with Crippen molar-refractivity contribution in [3.05, 3.63) is 46.4 Å². The molecule has 1 aliphatic rings. The molecular weight excluding hydrogens is 352 g/mol. The summed E-state index contributed by atoms with van der Waals surface area (Å²) in [5.41, 5.74) is 1.39. The van der Waals surface area contributed by atoms with Crippen LogP contribution in [0.2, 0.25) is 0 Å². The standard InChI is InChI=1S/C18H22N4O3S/c1-12-17(18(25)22(21(12)2)14-6-4-3-5-7-14)20-16(24)11-26-10-15(23)19-13-8-9-13/h3-7,13H,8-11H2,1-2H3,(H,19,23)(H,20,24). The van der Waals surface area contributed by atoms with Crippen LogP contribution in [0.1, 0.15) is 18.5 Å². The number of thioether (sulfide) groups is 1. The van der Waals surface area contributed by atoms with Crippen molar-refractivity contribution < 1.29 is 9.59 Å². The highest BCUT2D eigenvalue weighted by Crippen LogP contribution is 2.19. The molecule has 0 atom stereocenters. The van der Waals surface area contributed by atoms with E-state index in [0.717, 1.165) is 18.5 Å². The molecule has 2 aromatic rings. The molecule has 1 heterocycles. The van der Waals surface area contributed by atoms with Gasteiger partial charge in [-0.05, 0) is 31.9 Å². The molecule has 1 aliphatic carbocycles. The van der Waals surface area contributed by atoms with Crippen LogP contribution < -0.4 is 16.2 Å². The van der Waals surface area contributed by atoms with E-state index in [4.69, 9.17) is 0 Å². The predicted molar refractivity (Wildman–Crippen MR) is 103 cm³/mol. The maximum absolute atomic E-state index is 12.7. The summed E-state index contributed by atoms with van der Waals surface area (Å²) in [7, 11) is 1.77. The maximum atomic E-state index is 12.7. The van der Waals surface area contributed by atoms with Crippen molar-refractivity contribution in [1.82, 2.24) is 14.7 Å². The summed E-state index contributed by atoms with van der Waals surface area (Å²) in [6.45, 7) is 1.78. The van der Waals surface area contributed by atoms with Crippen molar-refractivity contribution in [3.63, 3.8) is 0 Å². The van der Waals surface area contributed by atoms with Crippen molar-refractivity contribution in [2.75, 3.05) is 16.8 Å². The van der Waals surface area contributed by atoms with Gasteiger partial charge >= 0.3 is 0 Å². The first-order chi connectivity index (χ1) is 12.5. The first kappa shape index (κ1) is 18.3. The van der Waals surface area contributed by atoms with E-state index in [9.17, 15) is 14.4 Å². The third kappa shape index (κ3) is 4.19. The molecular formula is C18H22N4O3S. The Kier molecular flexibility index (Phi) is 5.51. The van der Waals surface area contributed by atoms with Crippen molar-refractivity contribution in [2.45, 2.75) is 25.8 Å². The average Bonchev–Trinajstić information content (AvgIpc) is 3.40.